The Kier molecular flexibility index (Phi) is 9.45. The number of hydrogen-bond acceptors (Lipinski definition) is 6. The molecule has 0 radical (unpaired) electrons. The maximum absolute atomic E-state index is 14.1. The minimum absolute atomic E-state index is 0.0515. The maximum Gasteiger partial charge on any atom is 0.322 e. The molecule has 2 N–H and O–H groups in total. The molecule has 3 heterocycles. The Labute approximate surface area is 245 Å². The highest BCUT2D eigenvalue weighted by molar-refractivity contribution is 5.89. The normalized spacial score (nSPS) is 14.3. The van der Waals surface area contributed by atoms with Crippen LogP contribution in [0.2, 0.25) is 0 Å². The lowest BCUT2D eigenvalue weighted by Crippen LogP contribution is -2.50. The van der Waals surface area contributed by atoms with E-state index in [0.29, 0.717) is 50.4 Å². The van der Waals surface area contributed by atoms with Gasteiger partial charge >= 0.3 is 6.03 Å². The molecule has 2 aromatic heterocycles. The van der Waals surface area contributed by atoms with Crippen LogP contribution in [0.15, 0.2) is 54.9 Å². The number of nitrogens with zero attached hydrogens (tertiary/aromatic N) is 6. The van der Waals surface area contributed by atoms with Crippen molar-refractivity contribution < 1.29 is 13.6 Å². The number of nitrogens with one attached hydrogen (secondary N) is 2. The van der Waals surface area contributed by atoms with Crippen molar-refractivity contribution in [1.82, 2.24) is 24.4 Å². The SMILES string of the molecule is CCCCC(CC)CNc1nc(N2CCN(C(=O)Nc3ccc(F)cc3F)CC2)nc2c1ncn2Cc1ccccc1. The molecular weight excluding hydrogens is 538 g/mol. The van der Waals surface area contributed by atoms with Crippen LogP contribution in [0.25, 0.3) is 11.2 Å². The Balaban J connectivity index is 1.34. The summed E-state index contributed by atoms with van der Waals surface area (Å²) in [6.45, 7) is 7.68. The average Bonchev–Trinajstić information content (AvgIpc) is 3.41. The van der Waals surface area contributed by atoms with Crippen molar-refractivity contribution in [3.8, 4) is 0 Å². The molecule has 1 atom stereocenters. The molecule has 1 fully saturated rings. The third kappa shape index (κ3) is 6.95. The Morgan fingerprint density at radius 2 is 1.81 bits per heavy atom. The van der Waals surface area contributed by atoms with Gasteiger partial charge in [-0.15, -0.1) is 0 Å². The zero-order chi connectivity index (χ0) is 29.5. The van der Waals surface area contributed by atoms with E-state index in [-0.39, 0.29) is 5.69 Å². The summed E-state index contributed by atoms with van der Waals surface area (Å²) in [4.78, 5) is 31.0. The van der Waals surface area contributed by atoms with Gasteiger partial charge in [-0.25, -0.2) is 18.6 Å². The first kappa shape index (κ1) is 29.2. The Bertz CT molecular complexity index is 1490. The molecule has 42 heavy (non-hydrogen) atoms. The first-order chi connectivity index (χ1) is 20.4. The minimum atomic E-state index is -0.809. The summed E-state index contributed by atoms with van der Waals surface area (Å²) in [5.41, 5.74) is 2.58. The maximum atomic E-state index is 14.1. The van der Waals surface area contributed by atoms with E-state index < -0.39 is 17.7 Å². The van der Waals surface area contributed by atoms with Gasteiger partial charge in [0, 0.05) is 38.8 Å². The standard InChI is InChI=1S/C31H38F2N8O/c1-3-5-9-22(4-2)19-34-28-27-29(41(21-35-27)20-23-10-7-6-8-11-23)38-30(37-28)39-14-16-40(17-15-39)31(42)36-26-13-12-24(32)18-25(26)33/h6-8,10-13,18,21-22H,3-5,9,14-17,19-20H2,1-2H3,(H,36,42)(H,34,37,38). The number of aromatic nitrogens is 4. The summed E-state index contributed by atoms with van der Waals surface area (Å²) < 4.78 is 29.3. The third-order valence-electron chi connectivity index (χ3n) is 7.77. The molecule has 11 heteroatoms. The van der Waals surface area contributed by atoms with Crippen molar-refractivity contribution in [2.75, 3.05) is 48.3 Å². The van der Waals surface area contributed by atoms with Crippen molar-refractivity contribution in [3.05, 3.63) is 72.1 Å². The fraction of sp³-hybridized carbons (Fsp3) is 0.419. The number of hydrogen-bond donors (Lipinski definition) is 2. The largest absolute Gasteiger partial charge is 0.368 e. The van der Waals surface area contributed by atoms with Crippen molar-refractivity contribution in [1.29, 1.82) is 0 Å². The summed E-state index contributed by atoms with van der Waals surface area (Å²) in [5.74, 6) is 0.324. The number of amides is 2. The van der Waals surface area contributed by atoms with Gasteiger partial charge in [-0.05, 0) is 30.0 Å². The predicted molar refractivity (Wildman–Crippen MR) is 162 cm³/mol. The molecule has 4 aromatic rings. The van der Waals surface area contributed by atoms with Crippen molar-refractivity contribution >= 4 is 34.6 Å². The van der Waals surface area contributed by atoms with Gasteiger partial charge in [0.2, 0.25) is 5.95 Å². The highest BCUT2D eigenvalue weighted by Crippen LogP contribution is 2.25. The van der Waals surface area contributed by atoms with Crippen LogP contribution in [0, 0.1) is 17.6 Å². The number of rotatable bonds is 11. The number of unbranched alkanes of at least 4 members (excludes halogenated alkanes) is 1. The van der Waals surface area contributed by atoms with Gasteiger partial charge in [0.25, 0.3) is 0 Å². The lowest BCUT2D eigenvalue weighted by Gasteiger charge is -2.34. The van der Waals surface area contributed by atoms with E-state index in [2.05, 4.69) is 41.5 Å². The molecule has 5 rings (SSSR count). The van der Waals surface area contributed by atoms with Gasteiger partial charge in [-0.1, -0.05) is 63.4 Å². The molecule has 1 unspecified atom stereocenters. The van der Waals surface area contributed by atoms with Crippen molar-refractivity contribution in [2.45, 2.75) is 46.1 Å². The lowest BCUT2D eigenvalue weighted by atomic mass is 9.99. The van der Waals surface area contributed by atoms with E-state index in [9.17, 15) is 13.6 Å². The second-order valence-corrected chi connectivity index (χ2v) is 10.7. The van der Waals surface area contributed by atoms with Crippen LogP contribution in [0.1, 0.15) is 45.1 Å². The Hall–Kier alpha value is -4.28. The summed E-state index contributed by atoms with van der Waals surface area (Å²) in [5, 5.41) is 6.12. The third-order valence-corrected chi connectivity index (χ3v) is 7.77. The minimum Gasteiger partial charge on any atom is -0.368 e. The number of piperazine rings is 1. The van der Waals surface area contributed by atoms with Gasteiger partial charge < -0.3 is 25.0 Å². The highest BCUT2D eigenvalue weighted by Gasteiger charge is 2.25. The molecule has 222 valence electrons. The average molecular weight is 577 g/mol. The van der Waals surface area contributed by atoms with Crippen LogP contribution < -0.4 is 15.5 Å². The van der Waals surface area contributed by atoms with Gasteiger partial charge in [-0.3, -0.25) is 0 Å². The quantitative estimate of drug-likeness (QED) is 0.223. The van der Waals surface area contributed by atoms with Gasteiger partial charge in [0.1, 0.15) is 11.6 Å². The van der Waals surface area contributed by atoms with Crippen LogP contribution in [0.5, 0.6) is 0 Å². The molecule has 0 aliphatic carbocycles. The summed E-state index contributed by atoms with van der Waals surface area (Å²) in [6.07, 6.45) is 6.43. The van der Waals surface area contributed by atoms with Crippen molar-refractivity contribution in [3.63, 3.8) is 0 Å². The molecule has 9 nitrogen and oxygen atoms in total. The number of halogens is 2. The number of anilines is 3. The number of carbonyl (C=O) groups is 1. The molecule has 0 bridgehead atoms. The number of carbonyl (C=O) groups excluding carboxylic acids is 1. The molecule has 2 amide bonds. The van der Waals surface area contributed by atoms with E-state index in [1.807, 2.05) is 29.1 Å². The summed E-state index contributed by atoms with van der Waals surface area (Å²) >= 11 is 0. The van der Waals surface area contributed by atoms with E-state index in [1.165, 1.54) is 18.9 Å². The first-order valence-electron chi connectivity index (χ1n) is 14.7. The van der Waals surface area contributed by atoms with Gasteiger partial charge in [0.15, 0.2) is 17.0 Å². The molecule has 1 aliphatic rings. The van der Waals surface area contributed by atoms with Crippen LogP contribution in [0.4, 0.5) is 31.0 Å². The Morgan fingerprint density at radius 3 is 2.52 bits per heavy atom. The molecule has 2 aromatic carbocycles. The Morgan fingerprint density at radius 1 is 1.02 bits per heavy atom. The zero-order valence-electron chi connectivity index (χ0n) is 24.2. The summed E-state index contributed by atoms with van der Waals surface area (Å²) in [7, 11) is 0. The fourth-order valence-corrected chi connectivity index (χ4v) is 5.17. The molecule has 1 saturated heterocycles. The molecular formula is C31H38F2N8O. The zero-order valence-corrected chi connectivity index (χ0v) is 24.2. The number of imidazole rings is 1. The highest BCUT2D eigenvalue weighted by atomic mass is 19.1. The van der Waals surface area contributed by atoms with Crippen LogP contribution in [-0.2, 0) is 6.54 Å². The first-order valence-corrected chi connectivity index (χ1v) is 14.7. The van der Waals surface area contributed by atoms with Crippen LogP contribution >= 0.6 is 0 Å². The number of fused-ring (bicyclic) bond motifs is 1. The van der Waals surface area contributed by atoms with E-state index in [1.54, 1.807) is 4.90 Å². The fourth-order valence-electron chi connectivity index (χ4n) is 5.17. The monoisotopic (exact) mass is 576 g/mol. The van der Waals surface area contributed by atoms with Crippen LogP contribution in [0.3, 0.4) is 0 Å². The van der Waals surface area contributed by atoms with Crippen molar-refractivity contribution in [2.24, 2.45) is 5.92 Å². The second-order valence-electron chi connectivity index (χ2n) is 10.7. The van der Waals surface area contributed by atoms with E-state index >= 15 is 0 Å². The second kappa shape index (κ2) is 13.6. The smallest absolute Gasteiger partial charge is 0.322 e. The van der Waals surface area contributed by atoms with Crippen LogP contribution in [-0.4, -0.2) is 63.2 Å². The molecule has 0 spiro atoms. The predicted octanol–water partition coefficient (Wildman–Crippen LogP) is 6.14. The number of urea groups is 1. The summed E-state index contributed by atoms with van der Waals surface area (Å²) in [6, 6.07) is 12.8. The van der Waals surface area contributed by atoms with Gasteiger partial charge in [0.05, 0.1) is 18.6 Å². The topological polar surface area (TPSA) is 91.2 Å². The van der Waals surface area contributed by atoms with Gasteiger partial charge in [-0.2, -0.15) is 9.97 Å². The van der Waals surface area contributed by atoms with E-state index in [0.717, 1.165) is 48.2 Å². The molecule has 0 saturated carbocycles. The molecule has 1 aliphatic heterocycles. The number of benzene rings is 2. The lowest BCUT2D eigenvalue weighted by molar-refractivity contribution is 0.208. The van der Waals surface area contributed by atoms with E-state index in [4.69, 9.17) is 15.0 Å².